The molecule has 2 aromatic carbocycles. The van der Waals surface area contributed by atoms with Gasteiger partial charge in [-0.2, -0.15) is 0 Å². The van der Waals surface area contributed by atoms with Gasteiger partial charge in [0.1, 0.15) is 11.6 Å². The van der Waals surface area contributed by atoms with Crippen molar-refractivity contribution >= 4 is 16.6 Å². The summed E-state index contributed by atoms with van der Waals surface area (Å²) in [6.07, 6.45) is 3.25. The van der Waals surface area contributed by atoms with E-state index in [4.69, 9.17) is 10.5 Å². The Labute approximate surface area is 110 Å². The van der Waals surface area contributed by atoms with Crippen LogP contribution in [0, 0.1) is 0 Å². The van der Waals surface area contributed by atoms with Crippen molar-refractivity contribution in [1.82, 2.24) is 9.97 Å². The molecule has 4 nitrogen and oxygen atoms in total. The highest BCUT2D eigenvalue weighted by atomic mass is 16.5. The third-order valence-corrected chi connectivity index (χ3v) is 3.05. The van der Waals surface area contributed by atoms with Gasteiger partial charge in [-0.15, -0.1) is 0 Å². The summed E-state index contributed by atoms with van der Waals surface area (Å²) in [4.78, 5) is 8.41. The van der Waals surface area contributed by atoms with Gasteiger partial charge in [0.2, 0.25) is 0 Å². The molecule has 19 heavy (non-hydrogen) atoms. The van der Waals surface area contributed by atoms with Gasteiger partial charge in [0.15, 0.2) is 0 Å². The van der Waals surface area contributed by atoms with Crippen LogP contribution in [0.2, 0.25) is 0 Å². The molecular weight excluding hydrogens is 238 g/mol. The highest BCUT2D eigenvalue weighted by Crippen LogP contribution is 2.33. The molecule has 3 aromatic rings. The molecule has 0 atom stereocenters. The second-order valence-corrected chi connectivity index (χ2v) is 4.19. The van der Waals surface area contributed by atoms with Crippen molar-refractivity contribution in [3.05, 3.63) is 48.8 Å². The van der Waals surface area contributed by atoms with Crippen molar-refractivity contribution in [1.29, 1.82) is 0 Å². The van der Waals surface area contributed by atoms with Crippen molar-refractivity contribution in [2.45, 2.75) is 0 Å². The molecule has 0 saturated carbocycles. The van der Waals surface area contributed by atoms with Crippen molar-refractivity contribution in [3.8, 4) is 17.0 Å². The fourth-order valence-electron chi connectivity index (χ4n) is 2.15. The van der Waals surface area contributed by atoms with E-state index in [2.05, 4.69) is 9.97 Å². The number of nitrogens with two attached hydrogens (primary N) is 1. The number of fused-ring (bicyclic) bond motifs is 1. The van der Waals surface area contributed by atoms with Crippen LogP contribution >= 0.6 is 0 Å². The van der Waals surface area contributed by atoms with Crippen molar-refractivity contribution in [2.24, 2.45) is 0 Å². The number of nitrogen functional groups attached to an aromatic ring is 1. The quantitative estimate of drug-likeness (QED) is 0.760. The van der Waals surface area contributed by atoms with Gasteiger partial charge in [-0.3, -0.25) is 4.98 Å². The first-order valence-corrected chi connectivity index (χ1v) is 5.93. The predicted octanol–water partition coefficient (Wildman–Crippen LogP) is 2.89. The molecule has 0 aliphatic heterocycles. The lowest BCUT2D eigenvalue weighted by Crippen LogP contribution is -1.93. The second-order valence-electron chi connectivity index (χ2n) is 4.19. The lowest BCUT2D eigenvalue weighted by atomic mass is 10.0. The highest BCUT2D eigenvalue weighted by Gasteiger charge is 2.08. The molecule has 2 N–H and O–H groups in total. The Morgan fingerprint density at radius 1 is 0.947 bits per heavy atom. The van der Waals surface area contributed by atoms with E-state index in [9.17, 15) is 0 Å². The summed E-state index contributed by atoms with van der Waals surface area (Å²) in [5.74, 6) is 1.27. The Morgan fingerprint density at radius 3 is 2.42 bits per heavy atom. The summed E-state index contributed by atoms with van der Waals surface area (Å²) in [7, 11) is 1.67. The zero-order valence-corrected chi connectivity index (χ0v) is 10.5. The van der Waals surface area contributed by atoms with E-state index in [1.165, 1.54) is 0 Å². The lowest BCUT2D eigenvalue weighted by molar-refractivity contribution is 0.420. The fraction of sp³-hybridized carbons (Fsp3) is 0.0667. The molecule has 4 heteroatoms. The third-order valence-electron chi connectivity index (χ3n) is 3.05. The minimum absolute atomic E-state index is 0.418. The van der Waals surface area contributed by atoms with Gasteiger partial charge in [-0.05, 0) is 17.5 Å². The molecule has 0 radical (unpaired) electrons. The Balaban J connectivity index is 2.27. The molecule has 1 heterocycles. The third kappa shape index (κ3) is 1.97. The summed E-state index contributed by atoms with van der Waals surface area (Å²) < 4.78 is 5.38. The maximum Gasteiger partial charge on any atom is 0.141 e. The first-order valence-electron chi connectivity index (χ1n) is 5.93. The molecule has 0 fully saturated rings. The Bertz CT molecular complexity index is 723. The van der Waals surface area contributed by atoms with Gasteiger partial charge in [-0.1, -0.05) is 24.3 Å². The maximum atomic E-state index is 5.57. The fourth-order valence-corrected chi connectivity index (χ4v) is 2.15. The van der Waals surface area contributed by atoms with Crippen LogP contribution in [-0.4, -0.2) is 17.1 Å². The number of hydrogen-bond acceptors (Lipinski definition) is 4. The number of benzene rings is 2. The molecule has 0 unspecified atom stereocenters. The Kier molecular flexibility index (Phi) is 2.76. The minimum atomic E-state index is 0.418. The van der Waals surface area contributed by atoms with Crippen LogP contribution in [0.4, 0.5) is 5.82 Å². The number of nitrogens with zero attached hydrogens (tertiary/aromatic N) is 2. The van der Waals surface area contributed by atoms with E-state index in [0.717, 1.165) is 27.8 Å². The van der Waals surface area contributed by atoms with Gasteiger partial charge in [0, 0.05) is 10.9 Å². The van der Waals surface area contributed by atoms with Crippen LogP contribution in [0.3, 0.4) is 0 Å². The van der Waals surface area contributed by atoms with Gasteiger partial charge >= 0.3 is 0 Å². The van der Waals surface area contributed by atoms with Crippen LogP contribution in [-0.2, 0) is 0 Å². The number of anilines is 1. The SMILES string of the molecule is COc1ccc(-c2cnc(N)cn2)c2ccccc12. The van der Waals surface area contributed by atoms with E-state index < -0.39 is 0 Å². The van der Waals surface area contributed by atoms with Crippen molar-refractivity contribution < 1.29 is 4.74 Å². The van der Waals surface area contributed by atoms with Gasteiger partial charge in [-0.25, -0.2) is 4.98 Å². The van der Waals surface area contributed by atoms with Crippen LogP contribution < -0.4 is 10.5 Å². The minimum Gasteiger partial charge on any atom is -0.496 e. The lowest BCUT2D eigenvalue weighted by Gasteiger charge is -2.09. The summed E-state index contributed by atoms with van der Waals surface area (Å²) in [6.45, 7) is 0. The molecule has 94 valence electrons. The molecule has 0 aliphatic carbocycles. The largest absolute Gasteiger partial charge is 0.496 e. The summed E-state index contributed by atoms with van der Waals surface area (Å²) in [5.41, 5.74) is 7.39. The molecule has 1 aromatic heterocycles. The van der Waals surface area contributed by atoms with Crippen LogP contribution in [0.15, 0.2) is 48.8 Å². The zero-order chi connectivity index (χ0) is 13.2. The molecule has 0 amide bonds. The standard InChI is InChI=1S/C15H13N3O/c1-19-14-7-6-11(10-4-2-3-5-12(10)14)13-8-18-15(16)9-17-13/h2-9H,1H3,(H2,16,18). The Hall–Kier alpha value is -2.62. The maximum absolute atomic E-state index is 5.57. The molecule has 0 aliphatic rings. The van der Waals surface area contributed by atoms with Gasteiger partial charge < -0.3 is 10.5 Å². The molecule has 0 bridgehead atoms. The monoisotopic (exact) mass is 251 g/mol. The van der Waals surface area contributed by atoms with E-state index in [1.54, 1.807) is 19.5 Å². The van der Waals surface area contributed by atoms with Gasteiger partial charge in [0.05, 0.1) is 25.2 Å². The Morgan fingerprint density at radius 2 is 1.74 bits per heavy atom. The first-order chi connectivity index (χ1) is 9.29. The summed E-state index contributed by atoms with van der Waals surface area (Å²) in [5, 5.41) is 2.14. The number of aromatic nitrogens is 2. The average Bonchev–Trinajstić information content (AvgIpc) is 2.47. The average molecular weight is 251 g/mol. The van der Waals surface area contributed by atoms with Crippen molar-refractivity contribution in [3.63, 3.8) is 0 Å². The highest BCUT2D eigenvalue weighted by molar-refractivity contribution is 5.99. The molecule has 0 saturated heterocycles. The number of rotatable bonds is 2. The predicted molar refractivity (Wildman–Crippen MR) is 75.9 cm³/mol. The summed E-state index contributed by atoms with van der Waals surface area (Å²) in [6, 6.07) is 12.0. The summed E-state index contributed by atoms with van der Waals surface area (Å²) >= 11 is 0. The van der Waals surface area contributed by atoms with Crippen LogP contribution in [0.5, 0.6) is 5.75 Å². The van der Waals surface area contributed by atoms with Crippen LogP contribution in [0.1, 0.15) is 0 Å². The zero-order valence-electron chi connectivity index (χ0n) is 10.5. The van der Waals surface area contributed by atoms with Crippen LogP contribution in [0.25, 0.3) is 22.0 Å². The normalized spacial score (nSPS) is 10.6. The number of ether oxygens (including phenoxy) is 1. The smallest absolute Gasteiger partial charge is 0.141 e. The van der Waals surface area contributed by atoms with E-state index in [1.807, 2.05) is 36.4 Å². The number of hydrogen-bond donors (Lipinski definition) is 1. The van der Waals surface area contributed by atoms with E-state index in [-0.39, 0.29) is 0 Å². The van der Waals surface area contributed by atoms with E-state index in [0.29, 0.717) is 5.82 Å². The second kappa shape index (κ2) is 4.57. The first kappa shape index (κ1) is 11.5. The number of methoxy groups -OCH3 is 1. The van der Waals surface area contributed by atoms with E-state index >= 15 is 0 Å². The topological polar surface area (TPSA) is 61.0 Å². The molecular formula is C15H13N3O. The molecule has 3 rings (SSSR count). The molecule has 0 spiro atoms. The van der Waals surface area contributed by atoms with Gasteiger partial charge in [0.25, 0.3) is 0 Å². The van der Waals surface area contributed by atoms with Crippen molar-refractivity contribution in [2.75, 3.05) is 12.8 Å².